The van der Waals surface area contributed by atoms with Crippen molar-refractivity contribution in [1.29, 1.82) is 0 Å². The Labute approximate surface area is 117 Å². The van der Waals surface area contributed by atoms with Crippen LogP contribution in [-0.2, 0) is 0 Å². The van der Waals surface area contributed by atoms with Crippen molar-refractivity contribution in [2.75, 3.05) is 5.32 Å². The fourth-order valence-electron chi connectivity index (χ4n) is 1.47. The molecule has 0 aliphatic carbocycles. The van der Waals surface area contributed by atoms with Crippen LogP contribution in [0.4, 0.5) is 15.8 Å². The third kappa shape index (κ3) is 2.89. The van der Waals surface area contributed by atoms with E-state index in [1.54, 1.807) is 0 Å². The molecule has 1 amide bonds. The number of hydrogen-bond acceptors (Lipinski definition) is 4. The van der Waals surface area contributed by atoms with Crippen LogP contribution in [0.3, 0.4) is 0 Å². The Morgan fingerprint density at radius 3 is 2.80 bits per heavy atom. The first kappa shape index (κ1) is 13.9. The molecule has 1 aromatic heterocycles. The molecule has 0 saturated heterocycles. The lowest BCUT2D eigenvalue weighted by Gasteiger charge is -2.07. The van der Waals surface area contributed by atoms with Crippen molar-refractivity contribution in [3.63, 3.8) is 0 Å². The molecule has 6 nitrogen and oxygen atoms in total. The van der Waals surface area contributed by atoms with Gasteiger partial charge in [0, 0.05) is 24.5 Å². The van der Waals surface area contributed by atoms with Crippen LogP contribution in [0.2, 0.25) is 5.02 Å². The minimum absolute atomic E-state index is 0.0903. The molecule has 2 rings (SSSR count). The number of nitrogens with one attached hydrogen (secondary N) is 1. The monoisotopic (exact) mass is 295 g/mol. The van der Waals surface area contributed by atoms with Crippen LogP contribution in [0.25, 0.3) is 0 Å². The SMILES string of the molecule is O=C(Nc1cc([N+](=O)[O-])ccc1F)c1ccncc1Cl. The van der Waals surface area contributed by atoms with E-state index < -0.39 is 16.6 Å². The van der Waals surface area contributed by atoms with E-state index in [1.807, 2.05) is 0 Å². The average Bonchev–Trinajstić information content (AvgIpc) is 2.41. The molecule has 0 unspecified atom stereocenters. The molecular weight excluding hydrogens is 289 g/mol. The van der Waals surface area contributed by atoms with Gasteiger partial charge in [-0.15, -0.1) is 0 Å². The van der Waals surface area contributed by atoms with Crippen LogP contribution in [0.5, 0.6) is 0 Å². The highest BCUT2D eigenvalue weighted by Crippen LogP contribution is 2.23. The minimum Gasteiger partial charge on any atom is -0.319 e. The Balaban J connectivity index is 2.30. The van der Waals surface area contributed by atoms with Gasteiger partial charge in [-0.1, -0.05) is 11.6 Å². The number of carbonyl (C=O) groups is 1. The molecule has 1 N–H and O–H groups in total. The summed E-state index contributed by atoms with van der Waals surface area (Å²) in [5.74, 6) is -1.47. The Morgan fingerprint density at radius 1 is 1.40 bits per heavy atom. The van der Waals surface area contributed by atoms with Crippen LogP contribution in [0.1, 0.15) is 10.4 Å². The first-order valence-electron chi connectivity index (χ1n) is 5.34. The lowest BCUT2D eigenvalue weighted by molar-refractivity contribution is -0.384. The molecule has 20 heavy (non-hydrogen) atoms. The second kappa shape index (κ2) is 5.62. The molecule has 8 heteroatoms. The maximum Gasteiger partial charge on any atom is 0.271 e. The molecule has 0 aliphatic heterocycles. The van der Waals surface area contributed by atoms with E-state index in [4.69, 9.17) is 11.6 Å². The van der Waals surface area contributed by atoms with E-state index in [0.717, 1.165) is 18.2 Å². The van der Waals surface area contributed by atoms with Gasteiger partial charge in [0.25, 0.3) is 11.6 Å². The topological polar surface area (TPSA) is 85.1 Å². The van der Waals surface area contributed by atoms with Crippen molar-refractivity contribution in [3.05, 3.63) is 63.2 Å². The quantitative estimate of drug-likeness (QED) is 0.696. The Bertz CT molecular complexity index is 693. The predicted molar refractivity (Wildman–Crippen MR) is 70.3 cm³/mol. The zero-order valence-corrected chi connectivity index (χ0v) is 10.6. The van der Waals surface area contributed by atoms with Gasteiger partial charge in [0.05, 0.1) is 21.2 Å². The van der Waals surface area contributed by atoms with Crippen molar-refractivity contribution in [2.24, 2.45) is 0 Å². The van der Waals surface area contributed by atoms with E-state index in [2.05, 4.69) is 10.3 Å². The van der Waals surface area contributed by atoms with Crippen molar-refractivity contribution in [1.82, 2.24) is 4.98 Å². The van der Waals surface area contributed by atoms with Gasteiger partial charge in [0.2, 0.25) is 0 Å². The van der Waals surface area contributed by atoms with Crippen LogP contribution in [0.15, 0.2) is 36.7 Å². The summed E-state index contributed by atoms with van der Waals surface area (Å²) in [5.41, 5.74) is -0.535. The number of nitrogens with zero attached hydrogens (tertiary/aromatic N) is 2. The summed E-state index contributed by atoms with van der Waals surface area (Å²) in [7, 11) is 0. The summed E-state index contributed by atoms with van der Waals surface area (Å²) in [6, 6.07) is 4.20. The Kier molecular flexibility index (Phi) is 3.90. The van der Waals surface area contributed by atoms with Gasteiger partial charge in [-0.2, -0.15) is 0 Å². The van der Waals surface area contributed by atoms with Gasteiger partial charge in [-0.05, 0) is 12.1 Å². The molecule has 0 radical (unpaired) electrons. The number of amides is 1. The number of anilines is 1. The number of nitro benzene ring substituents is 1. The lowest BCUT2D eigenvalue weighted by atomic mass is 10.2. The lowest BCUT2D eigenvalue weighted by Crippen LogP contribution is -2.13. The molecule has 0 aliphatic rings. The first-order valence-corrected chi connectivity index (χ1v) is 5.71. The molecule has 0 atom stereocenters. The van der Waals surface area contributed by atoms with Crippen molar-refractivity contribution >= 4 is 28.9 Å². The summed E-state index contributed by atoms with van der Waals surface area (Å²) in [5, 5.41) is 12.9. The average molecular weight is 296 g/mol. The van der Waals surface area contributed by atoms with Crippen LogP contribution >= 0.6 is 11.6 Å². The number of aromatic nitrogens is 1. The summed E-state index contributed by atoms with van der Waals surface area (Å²) in [6.07, 6.45) is 2.62. The fraction of sp³-hybridized carbons (Fsp3) is 0. The van der Waals surface area contributed by atoms with Gasteiger partial charge in [-0.25, -0.2) is 4.39 Å². The van der Waals surface area contributed by atoms with Crippen LogP contribution in [0, 0.1) is 15.9 Å². The summed E-state index contributed by atoms with van der Waals surface area (Å²) in [4.78, 5) is 25.6. The second-order valence-electron chi connectivity index (χ2n) is 3.73. The van der Waals surface area contributed by atoms with Gasteiger partial charge in [-0.3, -0.25) is 19.9 Å². The number of benzene rings is 1. The van der Waals surface area contributed by atoms with E-state index in [9.17, 15) is 19.3 Å². The number of hydrogen-bond donors (Lipinski definition) is 1. The molecule has 0 saturated carbocycles. The summed E-state index contributed by atoms with van der Waals surface area (Å²) < 4.78 is 13.5. The molecule has 0 fully saturated rings. The highest BCUT2D eigenvalue weighted by Gasteiger charge is 2.15. The number of pyridine rings is 1. The maximum atomic E-state index is 13.5. The molecule has 1 aromatic carbocycles. The number of non-ortho nitro benzene ring substituents is 1. The standard InChI is InChI=1S/C12H7ClFN3O3/c13-9-6-15-4-3-8(9)12(18)16-11-5-7(17(19)20)1-2-10(11)14/h1-6H,(H,16,18). The van der Waals surface area contributed by atoms with E-state index in [0.29, 0.717) is 0 Å². The van der Waals surface area contributed by atoms with Crippen molar-refractivity contribution < 1.29 is 14.1 Å². The predicted octanol–water partition coefficient (Wildman–Crippen LogP) is 3.03. The van der Waals surface area contributed by atoms with E-state index in [1.165, 1.54) is 18.5 Å². The third-order valence-electron chi connectivity index (χ3n) is 2.43. The summed E-state index contributed by atoms with van der Waals surface area (Å²) in [6.45, 7) is 0. The van der Waals surface area contributed by atoms with Gasteiger partial charge >= 0.3 is 0 Å². The second-order valence-corrected chi connectivity index (χ2v) is 4.14. The van der Waals surface area contributed by atoms with Crippen LogP contribution in [-0.4, -0.2) is 15.8 Å². The zero-order valence-electron chi connectivity index (χ0n) is 9.84. The number of rotatable bonds is 3. The highest BCUT2D eigenvalue weighted by atomic mass is 35.5. The summed E-state index contributed by atoms with van der Waals surface area (Å²) >= 11 is 5.78. The fourth-order valence-corrected chi connectivity index (χ4v) is 1.68. The van der Waals surface area contributed by atoms with Gasteiger partial charge < -0.3 is 5.32 Å². The number of carbonyl (C=O) groups excluding carboxylic acids is 1. The van der Waals surface area contributed by atoms with E-state index >= 15 is 0 Å². The maximum absolute atomic E-state index is 13.5. The third-order valence-corrected chi connectivity index (χ3v) is 2.73. The molecule has 102 valence electrons. The highest BCUT2D eigenvalue weighted by molar-refractivity contribution is 6.34. The smallest absolute Gasteiger partial charge is 0.271 e. The van der Waals surface area contributed by atoms with Crippen LogP contribution < -0.4 is 5.32 Å². The van der Waals surface area contributed by atoms with Gasteiger partial charge in [0.1, 0.15) is 5.82 Å². The van der Waals surface area contributed by atoms with Crippen molar-refractivity contribution in [3.8, 4) is 0 Å². The minimum atomic E-state index is -0.783. The molecule has 1 heterocycles. The Morgan fingerprint density at radius 2 is 2.15 bits per heavy atom. The molecular formula is C12H7ClFN3O3. The largest absolute Gasteiger partial charge is 0.319 e. The van der Waals surface area contributed by atoms with Crippen molar-refractivity contribution in [2.45, 2.75) is 0 Å². The normalized spacial score (nSPS) is 10.1. The number of nitro groups is 1. The molecule has 0 spiro atoms. The van der Waals surface area contributed by atoms with Gasteiger partial charge in [0.15, 0.2) is 0 Å². The first-order chi connectivity index (χ1) is 9.49. The number of halogens is 2. The van der Waals surface area contributed by atoms with E-state index in [-0.39, 0.29) is 22.0 Å². The Hall–Kier alpha value is -2.54. The molecule has 0 bridgehead atoms. The molecule has 2 aromatic rings. The zero-order chi connectivity index (χ0) is 14.7.